The second-order valence-corrected chi connectivity index (χ2v) is 10.4. The molecule has 0 radical (unpaired) electrons. The molecule has 9 heteroatoms. The van der Waals surface area contributed by atoms with E-state index in [9.17, 15) is 9.90 Å². The normalized spacial score (nSPS) is 28.8. The summed E-state index contributed by atoms with van der Waals surface area (Å²) in [5, 5.41) is 13.6. The molecule has 3 aliphatic rings. The van der Waals surface area contributed by atoms with Gasteiger partial charge in [0.1, 0.15) is 6.33 Å². The average Bonchev–Trinajstić information content (AvgIpc) is 2.73. The Hall–Kier alpha value is -2.00. The Bertz CT molecular complexity index is 799. The lowest BCUT2D eigenvalue weighted by Crippen LogP contribution is -2.48. The number of anilines is 2. The van der Waals surface area contributed by atoms with Gasteiger partial charge in [0.2, 0.25) is 11.7 Å². The van der Waals surface area contributed by atoms with Crippen LogP contribution in [0.4, 0.5) is 16.0 Å². The lowest BCUT2D eigenvalue weighted by Gasteiger charge is -2.41. The van der Waals surface area contributed by atoms with Crippen LogP contribution in [0.25, 0.3) is 0 Å². The summed E-state index contributed by atoms with van der Waals surface area (Å²) in [4.78, 5) is 23.7. The maximum absolute atomic E-state index is 15.6. The fraction of sp³-hybridized carbons (Fsp3) is 0.792. The Morgan fingerprint density at radius 3 is 2.64 bits per heavy atom. The highest BCUT2D eigenvalue weighted by Gasteiger charge is 2.33. The molecule has 0 bridgehead atoms. The van der Waals surface area contributed by atoms with Crippen LogP contribution in [0, 0.1) is 23.6 Å². The van der Waals surface area contributed by atoms with Gasteiger partial charge in [-0.3, -0.25) is 9.69 Å². The molecule has 1 aromatic rings. The van der Waals surface area contributed by atoms with E-state index in [2.05, 4.69) is 27.1 Å². The van der Waals surface area contributed by atoms with E-state index in [1.54, 1.807) is 0 Å². The van der Waals surface area contributed by atoms with Crippen LogP contribution in [0.1, 0.15) is 58.3 Å². The minimum atomic E-state index is -0.602. The van der Waals surface area contributed by atoms with Crippen LogP contribution in [-0.4, -0.2) is 70.8 Å². The summed E-state index contributed by atoms with van der Waals surface area (Å²) < 4.78 is 15.6. The number of halogens is 1. The number of hydrogen-bond acceptors (Lipinski definition) is 7. The van der Waals surface area contributed by atoms with E-state index < -0.39 is 17.8 Å². The molecule has 3 fully saturated rings. The van der Waals surface area contributed by atoms with Gasteiger partial charge in [0, 0.05) is 31.6 Å². The zero-order chi connectivity index (χ0) is 23.4. The van der Waals surface area contributed by atoms with Crippen molar-refractivity contribution >= 4 is 17.5 Å². The second kappa shape index (κ2) is 11.0. The third-order valence-electron chi connectivity index (χ3n) is 7.87. The van der Waals surface area contributed by atoms with Gasteiger partial charge in [-0.05, 0) is 56.9 Å². The Labute approximate surface area is 196 Å². The van der Waals surface area contributed by atoms with E-state index in [4.69, 9.17) is 5.73 Å². The number of carbonyl (C=O) groups is 1. The molecule has 33 heavy (non-hydrogen) atoms. The topological polar surface area (TPSA) is 108 Å². The van der Waals surface area contributed by atoms with Crippen LogP contribution >= 0.6 is 0 Å². The summed E-state index contributed by atoms with van der Waals surface area (Å²) in [7, 11) is 0. The number of likely N-dealkylation sites (tertiary alicyclic amines) is 1. The number of amides is 1. The van der Waals surface area contributed by atoms with Gasteiger partial charge >= 0.3 is 0 Å². The molecule has 2 heterocycles. The van der Waals surface area contributed by atoms with Gasteiger partial charge in [-0.15, -0.1) is 0 Å². The van der Waals surface area contributed by atoms with E-state index in [1.165, 1.54) is 38.4 Å². The molecule has 184 valence electrons. The first-order valence-electron chi connectivity index (χ1n) is 12.6. The summed E-state index contributed by atoms with van der Waals surface area (Å²) >= 11 is 0. The molecule has 2 atom stereocenters. The lowest BCUT2D eigenvalue weighted by atomic mass is 9.82. The lowest BCUT2D eigenvalue weighted by molar-refractivity contribution is -0.120. The van der Waals surface area contributed by atoms with Gasteiger partial charge in [-0.25, -0.2) is 9.97 Å². The number of rotatable bonds is 9. The van der Waals surface area contributed by atoms with Crippen LogP contribution in [0.15, 0.2) is 6.33 Å². The minimum Gasteiger partial charge on any atom is -0.391 e. The molecule has 1 aliphatic heterocycles. The van der Waals surface area contributed by atoms with Gasteiger partial charge in [0.25, 0.3) is 0 Å². The highest BCUT2D eigenvalue weighted by atomic mass is 19.1. The van der Waals surface area contributed by atoms with Crippen molar-refractivity contribution in [3.63, 3.8) is 0 Å². The van der Waals surface area contributed by atoms with Gasteiger partial charge in [0.15, 0.2) is 11.6 Å². The van der Waals surface area contributed by atoms with Crippen molar-refractivity contribution in [3.05, 3.63) is 12.1 Å². The number of β-amino-alcohol motifs (C(OH)–C–C–N with tert-alkyl or cyclic N) is 1. The number of piperidine rings is 1. The van der Waals surface area contributed by atoms with Gasteiger partial charge in [0.05, 0.1) is 12.6 Å². The smallest absolute Gasteiger partial charge is 0.231 e. The molecule has 4 rings (SSSR count). The van der Waals surface area contributed by atoms with Crippen LogP contribution in [0.5, 0.6) is 0 Å². The first-order chi connectivity index (χ1) is 15.9. The van der Waals surface area contributed by atoms with Gasteiger partial charge in [-0.1, -0.05) is 19.8 Å². The van der Waals surface area contributed by atoms with E-state index >= 15 is 4.39 Å². The van der Waals surface area contributed by atoms with Crippen molar-refractivity contribution in [1.82, 2.24) is 14.9 Å². The van der Waals surface area contributed by atoms with Crippen molar-refractivity contribution in [2.24, 2.45) is 23.5 Å². The standard InChI is InChI=1S/C24H39FN6O2/c1-16-5-7-17(8-6-16)12-31(19-3-2-4-19)24-22(25)23(28-15-29-24)27-11-18-9-10-30(13-20(18)32)14-21(26)33/h15-20,32H,2-14H2,1H3,(H2,26,33)(H,27,28,29)/t16?,17?,18-,20+/m0/s1. The first-order valence-corrected chi connectivity index (χ1v) is 12.6. The molecule has 2 saturated carbocycles. The van der Waals surface area contributed by atoms with Crippen LogP contribution in [-0.2, 0) is 4.79 Å². The molecule has 4 N–H and O–H groups in total. The Morgan fingerprint density at radius 2 is 2.00 bits per heavy atom. The quantitative estimate of drug-likeness (QED) is 0.517. The van der Waals surface area contributed by atoms with Crippen LogP contribution in [0.3, 0.4) is 0 Å². The molecular weight excluding hydrogens is 423 g/mol. The zero-order valence-electron chi connectivity index (χ0n) is 19.8. The third-order valence-corrected chi connectivity index (χ3v) is 7.87. The van der Waals surface area contributed by atoms with Crippen molar-refractivity contribution in [1.29, 1.82) is 0 Å². The molecule has 1 saturated heterocycles. The number of carbonyl (C=O) groups excluding carboxylic acids is 1. The van der Waals surface area contributed by atoms with E-state index in [1.807, 2.05) is 4.90 Å². The highest BCUT2D eigenvalue weighted by Crippen LogP contribution is 2.35. The fourth-order valence-electron chi connectivity index (χ4n) is 5.46. The zero-order valence-corrected chi connectivity index (χ0v) is 19.8. The van der Waals surface area contributed by atoms with Crippen molar-refractivity contribution < 1.29 is 14.3 Å². The summed E-state index contributed by atoms with van der Waals surface area (Å²) in [5.74, 6) is 1.17. The molecule has 8 nitrogen and oxygen atoms in total. The average molecular weight is 463 g/mol. The molecule has 2 aliphatic carbocycles. The molecule has 0 spiro atoms. The van der Waals surface area contributed by atoms with Crippen molar-refractivity contribution in [2.75, 3.05) is 42.9 Å². The summed E-state index contributed by atoms with van der Waals surface area (Å²) in [6, 6.07) is 0.359. The maximum Gasteiger partial charge on any atom is 0.231 e. The number of nitrogens with one attached hydrogen (secondary N) is 1. The van der Waals surface area contributed by atoms with Gasteiger partial charge < -0.3 is 21.1 Å². The fourth-order valence-corrected chi connectivity index (χ4v) is 5.46. The number of aliphatic hydroxyl groups is 1. The third kappa shape index (κ3) is 6.12. The predicted molar refractivity (Wildman–Crippen MR) is 126 cm³/mol. The number of hydrogen-bond donors (Lipinski definition) is 3. The van der Waals surface area contributed by atoms with E-state index in [0.29, 0.717) is 43.8 Å². The SMILES string of the molecule is CC1CCC(CN(c2ncnc(NC[C@@H]3CCN(CC(N)=O)C[C@H]3O)c2F)C2CCC2)CC1. The van der Waals surface area contributed by atoms with Crippen LogP contribution in [0.2, 0.25) is 0 Å². The first kappa shape index (κ1) is 24.1. The van der Waals surface area contributed by atoms with Gasteiger partial charge in [-0.2, -0.15) is 4.39 Å². The largest absolute Gasteiger partial charge is 0.391 e. The monoisotopic (exact) mass is 462 g/mol. The van der Waals surface area contributed by atoms with Crippen molar-refractivity contribution in [3.8, 4) is 0 Å². The van der Waals surface area contributed by atoms with Crippen molar-refractivity contribution in [2.45, 2.75) is 70.4 Å². The molecule has 1 amide bonds. The Kier molecular flexibility index (Phi) is 8.01. The number of primary amides is 1. The summed E-state index contributed by atoms with van der Waals surface area (Å²) in [6.07, 6.45) is 9.82. The second-order valence-electron chi connectivity index (χ2n) is 10.4. The van der Waals surface area contributed by atoms with Crippen LogP contribution < -0.4 is 16.0 Å². The molecule has 1 aromatic heterocycles. The highest BCUT2D eigenvalue weighted by molar-refractivity contribution is 5.75. The Balaban J connectivity index is 1.39. The number of aromatic nitrogens is 2. The Morgan fingerprint density at radius 1 is 1.24 bits per heavy atom. The maximum atomic E-state index is 15.6. The number of aliphatic hydroxyl groups excluding tert-OH is 1. The minimum absolute atomic E-state index is 0.0427. The molecule has 0 aromatic carbocycles. The summed E-state index contributed by atoms with van der Waals surface area (Å²) in [5.41, 5.74) is 5.26. The summed E-state index contributed by atoms with van der Waals surface area (Å²) in [6.45, 7) is 4.82. The number of nitrogens with zero attached hydrogens (tertiary/aromatic N) is 4. The predicted octanol–water partition coefficient (Wildman–Crippen LogP) is 2.38. The number of nitrogens with two attached hydrogens (primary N) is 1. The van der Waals surface area contributed by atoms with E-state index in [-0.39, 0.29) is 18.3 Å². The molecular formula is C24H39FN6O2. The molecule has 0 unspecified atom stereocenters. The van der Waals surface area contributed by atoms with E-state index in [0.717, 1.165) is 25.3 Å².